The Morgan fingerprint density at radius 2 is 0.600 bits per heavy atom. The van der Waals surface area contributed by atoms with Gasteiger partial charge in [-0.15, -0.1) is 0 Å². The van der Waals surface area contributed by atoms with Crippen LogP contribution in [0.1, 0.15) is 0 Å². The lowest BCUT2D eigenvalue weighted by Crippen LogP contribution is -2.56. The zero-order valence-corrected chi connectivity index (χ0v) is 22.1. The van der Waals surface area contributed by atoms with Crippen molar-refractivity contribution < 1.29 is 117 Å². The molecule has 0 saturated carbocycles. The first kappa shape index (κ1) is 40.1. The van der Waals surface area contributed by atoms with Crippen LogP contribution in [0.2, 0.25) is 0 Å². The molecule has 0 heterocycles. The van der Waals surface area contributed by atoms with E-state index in [2.05, 4.69) is 0 Å². The molecular formula is C22H32O23. The lowest BCUT2D eigenvalue weighted by atomic mass is 9.92. The lowest BCUT2D eigenvalue weighted by Gasteiger charge is -2.33. The van der Waals surface area contributed by atoms with Crippen LogP contribution in [0, 0.1) is 0 Å². The van der Waals surface area contributed by atoms with Gasteiger partial charge in [-0.05, 0) is 0 Å². The maximum Gasteiger partial charge on any atom is 0.375 e. The van der Waals surface area contributed by atoms with Crippen molar-refractivity contribution in [2.75, 3.05) is 6.61 Å². The smallest absolute Gasteiger partial charge is 0.375 e. The van der Waals surface area contributed by atoms with Gasteiger partial charge < -0.3 is 112 Å². The maximum atomic E-state index is 10.6. The molecule has 0 aliphatic carbocycles. The van der Waals surface area contributed by atoms with Crippen molar-refractivity contribution in [3.63, 3.8) is 0 Å². The van der Waals surface area contributed by atoms with Gasteiger partial charge in [-0.25, -0.2) is 4.79 Å². The molecule has 0 saturated heterocycles. The van der Waals surface area contributed by atoms with Crippen LogP contribution in [-0.2, 0) is 4.79 Å². The third-order valence-corrected chi connectivity index (χ3v) is 5.62. The van der Waals surface area contributed by atoms with Gasteiger partial charge in [0, 0.05) is 0 Å². The summed E-state index contributed by atoms with van der Waals surface area (Å²) in [5.41, 5.74) is 0. The van der Waals surface area contributed by atoms with Gasteiger partial charge in [0.2, 0.25) is 63.4 Å². The van der Waals surface area contributed by atoms with E-state index in [9.17, 15) is 102 Å². The Labute approximate surface area is 248 Å². The molecule has 0 aliphatic heterocycles. The van der Waals surface area contributed by atoms with Gasteiger partial charge >= 0.3 is 5.97 Å². The van der Waals surface area contributed by atoms with E-state index in [-0.39, 0.29) is 0 Å². The number of aliphatic hydroxyl groups excluding tert-OH is 21. The Hall–Kier alpha value is -4.85. The summed E-state index contributed by atoms with van der Waals surface area (Å²) in [6.45, 7) is -1.14. The normalized spacial score (nSPS) is 21.1. The fraction of sp³-hybridized carbons (Fsp3) is 0.409. The molecule has 0 aromatic heterocycles. The molecule has 0 aromatic rings. The molecule has 22 N–H and O–H groups in total. The molecule has 0 bridgehead atoms. The number of carboxylic acids is 1. The molecule has 23 nitrogen and oxygen atoms in total. The van der Waals surface area contributed by atoms with Crippen molar-refractivity contribution in [1.82, 2.24) is 0 Å². The summed E-state index contributed by atoms with van der Waals surface area (Å²) in [4.78, 5) is 10.6. The van der Waals surface area contributed by atoms with Gasteiger partial charge in [-0.3, -0.25) is 0 Å². The van der Waals surface area contributed by atoms with Gasteiger partial charge in [-0.2, -0.15) is 0 Å². The zero-order chi connectivity index (χ0) is 35.8. The summed E-state index contributed by atoms with van der Waals surface area (Å²) >= 11 is 0. The predicted octanol–water partition coefficient (Wildman–Crippen LogP) is -4.08. The topological polar surface area (TPSA) is 462 Å². The number of carboxylic acid groups (broad SMARTS) is 1. The van der Waals surface area contributed by atoms with Crippen LogP contribution in [0.25, 0.3) is 0 Å². The highest BCUT2D eigenvalue weighted by atomic mass is 16.4. The first-order valence-corrected chi connectivity index (χ1v) is 11.5. The summed E-state index contributed by atoms with van der Waals surface area (Å²) in [6.07, 6.45) is -20.9. The number of aliphatic hydroxyl groups is 21. The number of rotatable bonds is 15. The fourth-order valence-corrected chi connectivity index (χ4v) is 2.86. The summed E-state index contributed by atoms with van der Waals surface area (Å²) in [6, 6.07) is 0. The second-order valence-corrected chi connectivity index (χ2v) is 8.66. The first-order chi connectivity index (χ1) is 20.5. The van der Waals surface area contributed by atoms with E-state index in [0.29, 0.717) is 0 Å². The second kappa shape index (κ2) is 16.3. The molecule has 0 fully saturated rings. The van der Waals surface area contributed by atoms with E-state index in [1.807, 2.05) is 0 Å². The van der Waals surface area contributed by atoms with E-state index in [0.717, 1.165) is 0 Å². The molecular weight excluding hydrogens is 632 g/mol. The van der Waals surface area contributed by atoms with Crippen molar-refractivity contribution in [3.8, 4) is 0 Å². The Balaban J connectivity index is 6.46. The number of hydrogen-bond donors (Lipinski definition) is 22. The van der Waals surface area contributed by atoms with Crippen LogP contribution in [0.15, 0.2) is 69.1 Å². The van der Waals surface area contributed by atoms with Crippen molar-refractivity contribution in [2.45, 2.75) is 48.8 Å². The third-order valence-electron chi connectivity index (χ3n) is 5.62. The van der Waals surface area contributed by atoms with E-state index in [1.54, 1.807) is 0 Å². The SMILES string of the molecule is O=C(O)/C(O)=C(O)/C(O)=C(O)/C(O)=C(O)/C(O)=C(O)/C(O)=C(O)/C(O)=C(\O)C(O)C(O)C(O)C(O)C(O)C(O)C(O)C(O)CO. The summed E-state index contributed by atoms with van der Waals surface area (Å²) in [7, 11) is 0. The molecule has 0 rings (SSSR count). The molecule has 258 valence electrons. The summed E-state index contributed by atoms with van der Waals surface area (Å²) in [5.74, 6) is -27.4. The predicted molar refractivity (Wildman–Crippen MR) is 136 cm³/mol. The van der Waals surface area contributed by atoms with Gasteiger partial charge in [0.25, 0.3) is 0 Å². The van der Waals surface area contributed by atoms with Crippen molar-refractivity contribution >= 4 is 5.97 Å². The minimum atomic E-state index is -2.99. The van der Waals surface area contributed by atoms with Crippen molar-refractivity contribution in [3.05, 3.63) is 69.1 Å². The van der Waals surface area contributed by atoms with Crippen LogP contribution < -0.4 is 0 Å². The Bertz CT molecular complexity index is 1270. The quantitative estimate of drug-likeness (QED) is 0.0449. The zero-order valence-electron chi connectivity index (χ0n) is 22.1. The average Bonchev–Trinajstić information content (AvgIpc) is 3.04. The molecule has 0 spiro atoms. The summed E-state index contributed by atoms with van der Waals surface area (Å²) < 4.78 is 0. The van der Waals surface area contributed by atoms with Crippen molar-refractivity contribution in [1.29, 1.82) is 0 Å². The van der Waals surface area contributed by atoms with Crippen LogP contribution in [-0.4, -0.2) is 174 Å². The molecule has 0 aromatic carbocycles. The standard InChI is InChI=1S/C22H32O23/c23-1-2(24)3(25)4(26)5(27)6(28)7(29)8(30)9(31)10(32)11(33)12(34)13(35)14(36)15(37)16(38)17(39)18(40)19(41)20(42)21(43)22(44)45/h2-9,23-43H,1H2,(H,44,45)/b11-10+,13-12+,15-14+,17-16+,19-18+,21-20+. The van der Waals surface area contributed by atoms with Gasteiger partial charge in [0.05, 0.1) is 6.61 Å². The summed E-state index contributed by atoms with van der Waals surface area (Å²) in [5, 5.41) is 212. The third kappa shape index (κ3) is 9.08. The van der Waals surface area contributed by atoms with E-state index >= 15 is 0 Å². The molecule has 0 amide bonds. The lowest BCUT2D eigenvalue weighted by molar-refractivity contribution is -0.178. The monoisotopic (exact) mass is 664 g/mol. The van der Waals surface area contributed by atoms with Gasteiger partial charge in [0.15, 0.2) is 5.76 Å². The molecule has 8 unspecified atom stereocenters. The average molecular weight is 664 g/mol. The molecule has 45 heavy (non-hydrogen) atoms. The molecule has 0 radical (unpaired) electrons. The highest BCUT2D eigenvalue weighted by Crippen LogP contribution is 2.26. The van der Waals surface area contributed by atoms with Gasteiger partial charge in [0.1, 0.15) is 48.8 Å². The fourth-order valence-electron chi connectivity index (χ4n) is 2.86. The number of carbonyl (C=O) groups is 1. The van der Waals surface area contributed by atoms with Crippen molar-refractivity contribution in [2.24, 2.45) is 0 Å². The molecule has 8 atom stereocenters. The highest BCUT2D eigenvalue weighted by molar-refractivity contribution is 5.85. The minimum absolute atomic E-state index is 1.14. The molecule has 23 heteroatoms. The number of aliphatic carboxylic acids is 1. The molecule has 0 aliphatic rings. The number of hydrogen-bond acceptors (Lipinski definition) is 22. The van der Waals surface area contributed by atoms with E-state index in [4.69, 9.17) is 15.3 Å². The van der Waals surface area contributed by atoms with Crippen LogP contribution >= 0.6 is 0 Å². The van der Waals surface area contributed by atoms with Crippen LogP contribution in [0.5, 0.6) is 0 Å². The highest BCUT2D eigenvalue weighted by Gasteiger charge is 2.42. The van der Waals surface area contributed by atoms with Crippen LogP contribution in [0.4, 0.5) is 0 Å². The van der Waals surface area contributed by atoms with E-state index in [1.165, 1.54) is 0 Å². The van der Waals surface area contributed by atoms with Gasteiger partial charge in [-0.1, -0.05) is 0 Å². The first-order valence-electron chi connectivity index (χ1n) is 11.5. The minimum Gasteiger partial charge on any atom is -0.506 e. The van der Waals surface area contributed by atoms with Crippen LogP contribution in [0.3, 0.4) is 0 Å². The van der Waals surface area contributed by atoms with E-state index < -0.39 is 131 Å². The Kier molecular flexibility index (Phi) is 14.5. The Morgan fingerprint density at radius 1 is 0.356 bits per heavy atom. The largest absolute Gasteiger partial charge is 0.506 e. The Morgan fingerprint density at radius 3 is 0.889 bits per heavy atom. The maximum absolute atomic E-state index is 10.6. The second-order valence-electron chi connectivity index (χ2n) is 8.66.